The highest BCUT2D eigenvalue weighted by Crippen LogP contribution is 2.21. The average molecular weight is 317 g/mol. The number of hydrogen-bond donors (Lipinski definition) is 1. The van der Waals surface area contributed by atoms with Gasteiger partial charge < -0.3 is 10.1 Å². The van der Waals surface area contributed by atoms with Gasteiger partial charge in [-0.2, -0.15) is 0 Å². The fourth-order valence-corrected chi connectivity index (χ4v) is 2.80. The van der Waals surface area contributed by atoms with Crippen LogP contribution in [0, 0.1) is 0 Å². The number of hydrogen-bond acceptors (Lipinski definition) is 3. The van der Waals surface area contributed by atoms with Gasteiger partial charge in [-0.05, 0) is 51.3 Å². The number of rotatable bonds is 6. The van der Waals surface area contributed by atoms with Crippen LogP contribution in [0.4, 0.5) is 0 Å². The largest absolute Gasteiger partial charge is 0.480 e. The third-order valence-electron chi connectivity index (χ3n) is 4.45. The Bertz CT molecular complexity index is 559. The Balaban J connectivity index is 1.94. The molecule has 0 heterocycles. The van der Waals surface area contributed by atoms with E-state index < -0.39 is 5.60 Å². The van der Waals surface area contributed by atoms with E-state index in [0.717, 1.165) is 18.4 Å². The molecule has 0 spiro atoms. The summed E-state index contributed by atoms with van der Waals surface area (Å²) in [6.07, 6.45) is 6.19. The molecule has 4 heteroatoms. The van der Waals surface area contributed by atoms with Crippen molar-refractivity contribution in [2.75, 3.05) is 0 Å². The predicted molar refractivity (Wildman–Crippen MR) is 90.5 cm³/mol. The summed E-state index contributed by atoms with van der Waals surface area (Å²) in [6.45, 7) is 5.01. The molecule has 2 rings (SSSR count). The summed E-state index contributed by atoms with van der Waals surface area (Å²) < 4.78 is 5.75. The highest BCUT2D eigenvalue weighted by Gasteiger charge is 2.25. The normalized spacial score (nSPS) is 16.0. The van der Waals surface area contributed by atoms with Gasteiger partial charge in [0.1, 0.15) is 5.75 Å². The number of amides is 1. The van der Waals surface area contributed by atoms with E-state index >= 15 is 0 Å². The third kappa shape index (κ3) is 5.38. The summed E-state index contributed by atoms with van der Waals surface area (Å²) in [5, 5.41) is 3.12. The fraction of sp³-hybridized carbons (Fsp3) is 0.579. The summed E-state index contributed by atoms with van der Waals surface area (Å²) in [4.78, 5) is 23.7. The van der Waals surface area contributed by atoms with Gasteiger partial charge in [-0.15, -0.1) is 0 Å². The highest BCUT2D eigenvalue weighted by atomic mass is 16.5. The third-order valence-corrected chi connectivity index (χ3v) is 4.45. The van der Waals surface area contributed by atoms with Crippen LogP contribution in [0.2, 0.25) is 0 Å². The molecule has 1 amide bonds. The molecule has 1 N–H and O–H groups in total. The van der Waals surface area contributed by atoms with E-state index in [9.17, 15) is 9.59 Å². The maximum Gasteiger partial charge on any atom is 0.224 e. The number of benzene rings is 1. The predicted octanol–water partition coefficient (Wildman–Crippen LogP) is 3.42. The molecule has 0 unspecified atom stereocenters. The zero-order valence-corrected chi connectivity index (χ0v) is 14.4. The lowest BCUT2D eigenvalue weighted by Gasteiger charge is -2.24. The van der Waals surface area contributed by atoms with Crippen molar-refractivity contribution in [3.63, 3.8) is 0 Å². The van der Waals surface area contributed by atoms with Gasteiger partial charge in [0.2, 0.25) is 5.91 Å². The maximum absolute atomic E-state index is 12.2. The number of nitrogens with one attached hydrogen (secondary N) is 1. The number of ether oxygens (including phenoxy) is 1. The molecule has 0 aliphatic heterocycles. The van der Waals surface area contributed by atoms with E-state index in [-0.39, 0.29) is 11.7 Å². The van der Waals surface area contributed by atoms with Crippen LogP contribution in [-0.2, 0) is 16.0 Å². The minimum Gasteiger partial charge on any atom is -0.480 e. The minimum absolute atomic E-state index is 0.0297. The van der Waals surface area contributed by atoms with Gasteiger partial charge in [-0.25, -0.2) is 0 Å². The summed E-state index contributed by atoms with van der Waals surface area (Å²) in [5.74, 6) is 0.644. The second kappa shape index (κ2) is 7.62. The van der Waals surface area contributed by atoms with Crippen molar-refractivity contribution < 1.29 is 14.3 Å². The topological polar surface area (TPSA) is 55.4 Å². The van der Waals surface area contributed by atoms with Crippen LogP contribution in [0.3, 0.4) is 0 Å². The Labute approximate surface area is 138 Å². The van der Waals surface area contributed by atoms with Crippen molar-refractivity contribution in [2.24, 2.45) is 0 Å². The summed E-state index contributed by atoms with van der Waals surface area (Å²) in [7, 11) is 0. The zero-order valence-electron chi connectivity index (χ0n) is 14.4. The van der Waals surface area contributed by atoms with Gasteiger partial charge in [-0.1, -0.05) is 31.4 Å². The van der Waals surface area contributed by atoms with E-state index in [1.165, 1.54) is 26.2 Å². The molecule has 126 valence electrons. The molecule has 1 aromatic rings. The molecule has 0 aromatic heterocycles. The molecule has 0 saturated heterocycles. The number of ketones is 1. The monoisotopic (exact) mass is 317 g/mol. The van der Waals surface area contributed by atoms with Gasteiger partial charge in [0, 0.05) is 6.04 Å². The van der Waals surface area contributed by atoms with Gasteiger partial charge in [0.25, 0.3) is 0 Å². The zero-order chi connectivity index (χ0) is 16.9. The van der Waals surface area contributed by atoms with Crippen LogP contribution >= 0.6 is 0 Å². The van der Waals surface area contributed by atoms with Gasteiger partial charge in [-0.3, -0.25) is 9.59 Å². The quantitative estimate of drug-likeness (QED) is 0.874. The lowest BCUT2D eigenvalue weighted by molar-refractivity contribution is -0.129. The summed E-state index contributed by atoms with van der Waals surface area (Å²) in [5.41, 5.74) is 0.0401. The van der Waals surface area contributed by atoms with Crippen molar-refractivity contribution >= 4 is 11.7 Å². The standard InChI is InChI=1S/C19H27NO3/c1-14(21)19(2,3)23-17-11-7-8-15(12-17)13-18(22)20-16-9-5-4-6-10-16/h7-8,11-12,16H,4-6,9-10,13H2,1-3H3,(H,20,22). The second-order valence-corrected chi connectivity index (χ2v) is 6.90. The first-order chi connectivity index (χ1) is 10.9. The van der Waals surface area contributed by atoms with E-state index in [4.69, 9.17) is 4.74 Å². The Morgan fingerprint density at radius 3 is 2.57 bits per heavy atom. The summed E-state index contributed by atoms with van der Waals surface area (Å²) in [6, 6.07) is 7.74. The van der Waals surface area contributed by atoms with E-state index in [2.05, 4.69) is 5.32 Å². The van der Waals surface area contributed by atoms with Crippen LogP contribution in [0.15, 0.2) is 24.3 Å². The van der Waals surface area contributed by atoms with E-state index in [1.54, 1.807) is 13.8 Å². The van der Waals surface area contributed by atoms with Crippen molar-refractivity contribution in [3.05, 3.63) is 29.8 Å². The number of carbonyl (C=O) groups excluding carboxylic acids is 2. The first-order valence-electron chi connectivity index (χ1n) is 8.45. The fourth-order valence-electron chi connectivity index (χ4n) is 2.80. The Morgan fingerprint density at radius 2 is 1.91 bits per heavy atom. The van der Waals surface area contributed by atoms with Crippen LogP contribution in [0.5, 0.6) is 5.75 Å². The molecule has 1 fully saturated rings. The van der Waals surface area contributed by atoms with Crippen LogP contribution in [0.1, 0.15) is 58.4 Å². The van der Waals surface area contributed by atoms with Gasteiger partial charge >= 0.3 is 0 Å². The molecule has 0 bridgehead atoms. The molecule has 0 radical (unpaired) electrons. The lowest BCUT2D eigenvalue weighted by Crippen LogP contribution is -2.37. The van der Waals surface area contributed by atoms with E-state index in [1.807, 2.05) is 24.3 Å². The Hall–Kier alpha value is -1.84. The molecule has 0 atom stereocenters. The Kier molecular flexibility index (Phi) is 5.80. The average Bonchev–Trinajstić information content (AvgIpc) is 2.47. The van der Waals surface area contributed by atoms with Crippen molar-refractivity contribution in [3.8, 4) is 5.75 Å². The molecule has 1 aliphatic rings. The van der Waals surface area contributed by atoms with Crippen LogP contribution in [-0.4, -0.2) is 23.3 Å². The smallest absolute Gasteiger partial charge is 0.224 e. The first-order valence-corrected chi connectivity index (χ1v) is 8.45. The first kappa shape index (κ1) is 17.5. The SMILES string of the molecule is CC(=O)C(C)(C)Oc1cccc(CC(=O)NC2CCCCC2)c1. The van der Waals surface area contributed by atoms with Crippen molar-refractivity contribution in [2.45, 2.75) is 70.9 Å². The minimum atomic E-state index is -0.858. The Morgan fingerprint density at radius 1 is 1.22 bits per heavy atom. The maximum atomic E-state index is 12.2. The second-order valence-electron chi connectivity index (χ2n) is 6.90. The molecule has 4 nitrogen and oxygen atoms in total. The number of Topliss-reactive ketones (excluding diaryl/α,β-unsaturated/α-hetero) is 1. The van der Waals surface area contributed by atoms with Crippen LogP contribution < -0.4 is 10.1 Å². The number of carbonyl (C=O) groups is 2. The highest BCUT2D eigenvalue weighted by molar-refractivity contribution is 5.84. The summed E-state index contributed by atoms with van der Waals surface area (Å²) >= 11 is 0. The molecular formula is C19H27NO3. The van der Waals surface area contributed by atoms with Gasteiger partial charge in [0.05, 0.1) is 6.42 Å². The van der Waals surface area contributed by atoms with Gasteiger partial charge in [0.15, 0.2) is 11.4 Å². The van der Waals surface area contributed by atoms with Crippen molar-refractivity contribution in [1.29, 1.82) is 0 Å². The van der Waals surface area contributed by atoms with Crippen LogP contribution in [0.25, 0.3) is 0 Å². The lowest BCUT2D eigenvalue weighted by atomic mass is 9.95. The van der Waals surface area contributed by atoms with Crippen molar-refractivity contribution in [1.82, 2.24) is 5.32 Å². The molecule has 23 heavy (non-hydrogen) atoms. The molecule has 1 aromatic carbocycles. The van der Waals surface area contributed by atoms with E-state index in [0.29, 0.717) is 18.2 Å². The molecule has 1 saturated carbocycles. The molecular weight excluding hydrogens is 290 g/mol. The molecule has 1 aliphatic carbocycles.